The Morgan fingerprint density at radius 2 is 1.21 bits per heavy atom. The van der Waals surface area contributed by atoms with Gasteiger partial charge < -0.3 is 5.11 Å². The molecule has 0 saturated carbocycles. The number of amides is 2. The molecular formula is C27H15N3O4. The van der Waals surface area contributed by atoms with Gasteiger partial charge in [0.05, 0.1) is 19.2 Å². The van der Waals surface area contributed by atoms with Crippen LogP contribution in [0.2, 0.25) is 0 Å². The van der Waals surface area contributed by atoms with Gasteiger partial charge in [-0.05, 0) is 56.6 Å². The number of carbonyl (C=O) groups excluding carboxylic acids is 2. The molecule has 5 aromatic carbocycles. The number of hydrogen-bond acceptors (Lipinski definition) is 5. The Bertz CT molecular complexity index is 2000. The van der Waals surface area contributed by atoms with E-state index in [1.54, 1.807) is 16.7 Å². The van der Waals surface area contributed by atoms with Gasteiger partial charge in [-0.3, -0.25) is 29.3 Å². The van der Waals surface area contributed by atoms with Gasteiger partial charge in [0.25, 0.3) is 17.4 Å². The molecule has 0 aliphatic carbocycles. The number of aromatic nitrogens is 1. The highest BCUT2D eigenvalue weighted by Crippen LogP contribution is 2.44. The number of pyridine rings is 1. The van der Waals surface area contributed by atoms with Crippen LogP contribution in [0.1, 0.15) is 20.7 Å². The fourth-order valence-electron chi connectivity index (χ4n) is 6.06. The number of nitrogens with zero attached hydrogens (tertiary/aromatic N) is 2. The van der Waals surface area contributed by atoms with Crippen LogP contribution < -0.4 is 16.4 Å². The predicted molar refractivity (Wildman–Crippen MR) is 129 cm³/mol. The largest absolute Gasteiger partial charge is 0.389 e. The average Bonchev–Trinajstić information content (AvgIpc) is 2.85. The molecule has 1 unspecified atom stereocenters. The Balaban J connectivity index is 1.67. The normalized spacial score (nSPS) is 17.7. The molecule has 2 N–H and O–H groups in total. The number of aliphatic hydroxyl groups excluding tert-OH is 1. The van der Waals surface area contributed by atoms with Gasteiger partial charge in [0, 0.05) is 32.7 Å². The number of rotatable bonds is 0. The molecule has 1 aromatic heterocycles. The van der Waals surface area contributed by atoms with E-state index in [4.69, 9.17) is 0 Å². The zero-order chi connectivity index (χ0) is 22.9. The summed E-state index contributed by atoms with van der Waals surface area (Å²) in [6, 6.07) is 15.2. The number of imide groups is 1. The van der Waals surface area contributed by atoms with Crippen LogP contribution in [0, 0.1) is 0 Å². The minimum absolute atomic E-state index is 0.160. The molecule has 8 rings (SSSR count). The van der Waals surface area contributed by atoms with Gasteiger partial charge >= 0.3 is 0 Å². The third-order valence-electron chi connectivity index (χ3n) is 7.44. The second-order valence-corrected chi connectivity index (χ2v) is 9.16. The molecule has 162 valence electrons. The third-order valence-corrected chi connectivity index (χ3v) is 7.44. The fraction of sp³-hybridized carbons (Fsp3) is 0.111. The number of fused-ring (bicyclic) bond motifs is 4. The Kier molecular flexibility index (Phi) is 3.07. The number of hydrogen-bond donors (Lipinski definition) is 2. The Hall–Kier alpha value is -4.36. The molecule has 3 heterocycles. The SMILES string of the molecule is O=C1NC(=O)c2ccc3c4ccc5c6n(c(=O)c7ccc(c8ccc1c2c83)c4c75)CC(O)CN=6. The fourth-order valence-corrected chi connectivity index (χ4v) is 6.06. The molecule has 0 fully saturated rings. The van der Waals surface area contributed by atoms with Gasteiger partial charge in [0.1, 0.15) is 5.49 Å². The van der Waals surface area contributed by atoms with Gasteiger partial charge in [-0.15, -0.1) is 0 Å². The Morgan fingerprint density at radius 3 is 1.85 bits per heavy atom. The molecule has 0 bridgehead atoms. The second kappa shape index (κ2) is 5.76. The quantitative estimate of drug-likeness (QED) is 0.213. The minimum atomic E-state index is -0.673. The lowest BCUT2D eigenvalue weighted by Crippen LogP contribution is -2.42. The molecule has 7 nitrogen and oxygen atoms in total. The van der Waals surface area contributed by atoms with Crippen molar-refractivity contribution < 1.29 is 14.7 Å². The molecule has 2 amide bonds. The summed E-state index contributed by atoms with van der Waals surface area (Å²) >= 11 is 0. The van der Waals surface area contributed by atoms with Crippen molar-refractivity contribution >= 4 is 65.7 Å². The summed E-state index contributed by atoms with van der Waals surface area (Å²) in [4.78, 5) is 43.1. The van der Waals surface area contributed by atoms with Crippen LogP contribution in [0.15, 0.2) is 58.3 Å². The van der Waals surface area contributed by atoms with E-state index in [0.717, 1.165) is 43.1 Å². The molecule has 0 spiro atoms. The highest BCUT2D eigenvalue weighted by atomic mass is 16.3. The molecule has 2 aliphatic rings. The maximum atomic E-state index is 13.4. The topological polar surface area (TPSA) is 101 Å². The molecule has 0 saturated heterocycles. The summed E-state index contributed by atoms with van der Waals surface area (Å²) in [5.41, 5.74) is 1.42. The first kappa shape index (κ1) is 18.1. The number of nitrogens with one attached hydrogen (secondary N) is 1. The number of aliphatic hydroxyl groups is 1. The highest BCUT2D eigenvalue weighted by molar-refractivity contribution is 6.40. The van der Waals surface area contributed by atoms with Crippen LogP contribution in [0.3, 0.4) is 0 Å². The van der Waals surface area contributed by atoms with Gasteiger partial charge in [-0.25, -0.2) is 0 Å². The lowest BCUT2D eigenvalue weighted by atomic mass is 9.84. The lowest BCUT2D eigenvalue weighted by Gasteiger charge is -2.23. The van der Waals surface area contributed by atoms with Crippen LogP contribution in [-0.2, 0) is 6.54 Å². The molecule has 6 aromatic rings. The van der Waals surface area contributed by atoms with E-state index in [1.807, 2.05) is 36.4 Å². The first-order valence-electron chi connectivity index (χ1n) is 11.1. The number of benzene rings is 5. The van der Waals surface area contributed by atoms with Crippen LogP contribution in [0.5, 0.6) is 0 Å². The predicted octanol–water partition coefficient (Wildman–Crippen LogP) is 2.65. The van der Waals surface area contributed by atoms with Crippen LogP contribution in [0.25, 0.3) is 53.9 Å². The van der Waals surface area contributed by atoms with Crippen LogP contribution >= 0.6 is 0 Å². The van der Waals surface area contributed by atoms with E-state index in [1.165, 1.54) is 0 Å². The standard InChI is InChI=1S/C27H15N3O4/c31-11-9-28-24-16-5-1-12-13-2-6-17-23-18(26(33)29-25(17)32)7-3-14(21(13)23)15-4-8-19(22(16)20(12)15)27(34)30(24)10-11/h1-8,11,31H,9-10H2,(H,29,32,33). The molecule has 0 radical (unpaired) electrons. The third kappa shape index (κ3) is 1.94. The van der Waals surface area contributed by atoms with E-state index in [0.29, 0.717) is 27.4 Å². The first-order chi connectivity index (χ1) is 16.5. The Labute approximate surface area is 190 Å². The van der Waals surface area contributed by atoms with Crippen molar-refractivity contribution in [2.75, 3.05) is 6.54 Å². The second-order valence-electron chi connectivity index (χ2n) is 9.16. The summed E-state index contributed by atoms with van der Waals surface area (Å²) in [7, 11) is 0. The van der Waals surface area contributed by atoms with Crippen molar-refractivity contribution in [2.45, 2.75) is 12.6 Å². The summed E-state index contributed by atoms with van der Waals surface area (Å²) < 4.78 is 1.57. The minimum Gasteiger partial charge on any atom is -0.389 e. The van der Waals surface area contributed by atoms with Gasteiger partial charge in [-0.1, -0.05) is 24.3 Å². The van der Waals surface area contributed by atoms with Crippen LogP contribution in [0.4, 0.5) is 0 Å². The molecule has 34 heavy (non-hydrogen) atoms. The van der Waals surface area contributed by atoms with Crippen LogP contribution in [-0.4, -0.2) is 34.1 Å². The summed E-state index contributed by atoms with van der Waals surface area (Å²) in [6.45, 7) is 0.493. The summed E-state index contributed by atoms with van der Waals surface area (Å²) in [5, 5.41) is 21.2. The van der Waals surface area contributed by atoms with Crippen molar-refractivity contribution in [1.29, 1.82) is 0 Å². The van der Waals surface area contributed by atoms with Gasteiger partial charge in [0.2, 0.25) is 0 Å². The van der Waals surface area contributed by atoms with Gasteiger partial charge in [-0.2, -0.15) is 0 Å². The van der Waals surface area contributed by atoms with E-state index in [2.05, 4.69) is 10.3 Å². The zero-order valence-corrected chi connectivity index (χ0v) is 17.7. The van der Waals surface area contributed by atoms with Crippen molar-refractivity contribution in [3.05, 3.63) is 75.5 Å². The lowest BCUT2D eigenvalue weighted by molar-refractivity contribution is 0.0845. The summed E-state index contributed by atoms with van der Waals surface area (Å²) in [6.07, 6.45) is -0.673. The van der Waals surface area contributed by atoms with E-state index in [-0.39, 0.29) is 30.5 Å². The first-order valence-corrected chi connectivity index (χ1v) is 11.1. The Morgan fingerprint density at radius 1 is 0.706 bits per heavy atom. The molecule has 2 aliphatic heterocycles. The number of carbonyl (C=O) groups is 2. The van der Waals surface area contributed by atoms with E-state index in [9.17, 15) is 19.5 Å². The summed E-state index contributed by atoms with van der Waals surface area (Å²) in [5.74, 6) is -0.777. The van der Waals surface area contributed by atoms with Crippen molar-refractivity contribution in [2.24, 2.45) is 4.99 Å². The van der Waals surface area contributed by atoms with Crippen molar-refractivity contribution in [3.8, 4) is 0 Å². The monoisotopic (exact) mass is 445 g/mol. The molecular weight excluding hydrogens is 430 g/mol. The molecule has 7 heteroatoms. The van der Waals surface area contributed by atoms with Crippen molar-refractivity contribution in [3.63, 3.8) is 0 Å². The van der Waals surface area contributed by atoms with Crippen molar-refractivity contribution in [1.82, 2.24) is 9.88 Å². The van der Waals surface area contributed by atoms with E-state index < -0.39 is 6.10 Å². The molecule has 1 atom stereocenters. The maximum Gasteiger partial charge on any atom is 0.260 e. The zero-order valence-electron chi connectivity index (χ0n) is 17.7. The highest BCUT2D eigenvalue weighted by Gasteiger charge is 2.28. The smallest absolute Gasteiger partial charge is 0.260 e. The maximum absolute atomic E-state index is 13.4. The van der Waals surface area contributed by atoms with E-state index >= 15 is 0 Å². The van der Waals surface area contributed by atoms with Gasteiger partial charge in [0.15, 0.2) is 0 Å². The average molecular weight is 445 g/mol.